The van der Waals surface area contributed by atoms with E-state index in [0.717, 1.165) is 31.7 Å². The molecule has 0 aliphatic rings. The highest BCUT2D eigenvalue weighted by Crippen LogP contribution is 2.21. The number of amides is 1. The molecule has 2 aromatic rings. The van der Waals surface area contributed by atoms with E-state index < -0.39 is 20.9 Å². The number of nitro benzene ring substituents is 1. The lowest BCUT2D eigenvalue weighted by Crippen LogP contribution is -2.41. The number of benzene rings is 2. The van der Waals surface area contributed by atoms with Crippen molar-refractivity contribution >= 4 is 21.6 Å². The van der Waals surface area contributed by atoms with Crippen molar-refractivity contribution in [2.75, 3.05) is 6.61 Å². The first-order chi connectivity index (χ1) is 14.2. The predicted octanol–water partition coefficient (Wildman–Crippen LogP) is 3.49. The molecule has 0 aliphatic heterocycles. The summed E-state index contributed by atoms with van der Waals surface area (Å²) in [5.74, 6) is -0.0491. The van der Waals surface area contributed by atoms with Crippen LogP contribution in [0, 0.1) is 17.0 Å². The Morgan fingerprint density at radius 3 is 2.43 bits per heavy atom. The van der Waals surface area contributed by atoms with Gasteiger partial charge in [-0.05, 0) is 43.2 Å². The van der Waals surface area contributed by atoms with Gasteiger partial charge in [0.25, 0.3) is 21.6 Å². The molecule has 10 heteroatoms. The quantitative estimate of drug-likeness (QED) is 0.316. The Balaban J connectivity index is 1.96. The second-order valence-corrected chi connectivity index (χ2v) is 8.35. The Kier molecular flexibility index (Phi) is 8.31. The lowest BCUT2D eigenvalue weighted by molar-refractivity contribution is -0.385. The number of nitrogens with one attached hydrogen (secondary N) is 2. The van der Waals surface area contributed by atoms with Gasteiger partial charge in [0, 0.05) is 17.7 Å². The Morgan fingerprint density at radius 2 is 1.80 bits per heavy atom. The normalized spacial score (nSPS) is 11.1. The van der Waals surface area contributed by atoms with Gasteiger partial charge in [0.2, 0.25) is 0 Å². The summed E-state index contributed by atoms with van der Waals surface area (Å²) in [5, 5.41) is 10.9. The van der Waals surface area contributed by atoms with E-state index in [9.17, 15) is 23.3 Å². The molecule has 0 fully saturated rings. The van der Waals surface area contributed by atoms with Crippen LogP contribution in [0.3, 0.4) is 0 Å². The first-order valence-corrected chi connectivity index (χ1v) is 11.0. The number of non-ortho nitro benzene ring substituents is 1. The maximum absolute atomic E-state index is 12.4. The molecule has 2 aromatic carbocycles. The minimum absolute atomic E-state index is 0.229. The van der Waals surface area contributed by atoms with Gasteiger partial charge in [0.1, 0.15) is 5.75 Å². The third-order valence-corrected chi connectivity index (χ3v) is 5.74. The molecule has 0 saturated carbocycles. The first kappa shape index (κ1) is 23.3. The summed E-state index contributed by atoms with van der Waals surface area (Å²) >= 11 is 0. The van der Waals surface area contributed by atoms with Gasteiger partial charge in [-0.2, -0.15) is 0 Å². The van der Waals surface area contributed by atoms with E-state index in [1.165, 1.54) is 31.2 Å². The zero-order chi connectivity index (χ0) is 22.1. The summed E-state index contributed by atoms with van der Waals surface area (Å²) in [6, 6.07) is 9.78. The number of sulfonamides is 1. The number of unbranched alkanes of at least 4 members (excludes halogenated alkanes) is 3. The number of hydrogen-bond acceptors (Lipinski definition) is 6. The number of carbonyl (C=O) groups is 1. The molecule has 0 aromatic heterocycles. The fourth-order valence-electron chi connectivity index (χ4n) is 2.65. The number of carbonyl (C=O) groups excluding carboxylic acids is 1. The molecule has 2 N–H and O–H groups in total. The highest BCUT2D eigenvalue weighted by molar-refractivity contribution is 7.89. The molecule has 0 aliphatic carbocycles. The van der Waals surface area contributed by atoms with Crippen molar-refractivity contribution in [1.29, 1.82) is 0 Å². The second-order valence-electron chi connectivity index (χ2n) is 6.70. The van der Waals surface area contributed by atoms with Crippen LogP contribution in [0.25, 0.3) is 0 Å². The molecular weight excluding hydrogens is 410 g/mol. The van der Waals surface area contributed by atoms with Crippen molar-refractivity contribution in [3.05, 3.63) is 63.7 Å². The van der Waals surface area contributed by atoms with Gasteiger partial charge in [0.05, 0.1) is 16.4 Å². The van der Waals surface area contributed by atoms with Crippen molar-refractivity contribution in [2.45, 2.75) is 44.4 Å². The lowest BCUT2D eigenvalue weighted by Gasteiger charge is -2.11. The minimum Gasteiger partial charge on any atom is -0.494 e. The van der Waals surface area contributed by atoms with E-state index in [4.69, 9.17) is 4.74 Å². The average Bonchev–Trinajstić information content (AvgIpc) is 2.72. The molecule has 0 saturated heterocycles. The van der Waals surface area contributed by atoms with Crippen molar-refractivity contribution in [3.8, 4) is 5.75 Å². The lowest BCUT2D eigenvalue weighted by atomic mass is 10.2. The molecule has 0 unspecified atom stereocenters. The molecule has 9 nitrogen and oxygen atoms in total. The van der Waals surface area contributed by atoms with E-state index >= 15 is 0 Å². The SMILES string of the molecule is CCCCCCOc1ccc(C(=O)NNS(=O)(=O)c2cc([N+](=O)[O-])ccc2C)cc1. The minimum atomic E-state index is -4.19. The van der Waals surface area contributed by atoms with Crippen LogP contribution in [0.4, 0.5) is 5.69 Å². The maximum Gasteiger partial charge on any atom is 0.270 e. The van der Waals surface area contributed by atoms with Crippen LogP contribution in [0.15, 0.2) is 47.4 Å². The molecular formula is C20H25N3O6S. The summed E-state index contributed by atoms with van der Waals surface area (Å²) in [4.78, 5) is 24.1. The number of nitro groups is 1. The van der Waals surface area contributed by atoms with E-state index in [0.29, 0.717) is 17.9 Å². The molecule has 162 valence electrons. The van der Waals surface area contributed by atoms with Crippen LogP contribution in [0.5, 0.6) is 5.75 Å². The van der Waals surface area contributed by atoms with Crippen LogP contribution in [0.1, 0.15) is 48.5 Å². The number of ether oxygens (including phenoxy) is 1. The zero-order valence-corrected chi connectivity index (χ0v) is 17.7. The number of rotatable bonds is 11. The molecule has 0 bridgehead atoms. The van der Waals surface area contributed by atoms with Crippen molar-refractivity contribution in [1.82, 2.24) is 10.3 Å². The van der Waals surface area contributed by atoms with Crippen LogP contribution < -0.4 is 15.0 Å². The summed E-state index contributed by atoms with van der Waals surface area (Å²) in [7, 11) is -4.19. The fraction of sp³-hybridized carbons (Fsp3) is 0.350. The molecule has 0 heterocycles. The Bertz CT molecular complexity index is 990. The third-order valence-electron chi connectivity index (χ3n) is 4.35. The largest absolute Gasteiger partial charge is 0.494 e. The molecule has 1 amide bonds. The van der Waals surface area contributed by atoms with Crippen LogP contribution in [0.2, 0.25) is 0 Å². The molecule has 0 spiro atoms. The number of hydrogen-bond donors (Lipinski definition) is 2. The fourth-order valence-corrected chi connectivity index (χ4v) is 3.76. The van der Waals surface area contributed by atoms with Gasteiger partial charge in [-0.25, -0.2) is 8.42 Å². The topological polar surface area (TPSA) is 128 Å². The summed E-state index contributed by atoms with van der Waals surface area (Å²) in [6.45, 7) is 4.23. The number of aryl methyl sites for hydroxylation is 1. The Hall–Kier alpha value is -2.98. The van der Waals surface area contributed by atoms with E-state index in [-0.39, 0.29) is 16.1 Å². The number of hydrazine groups is 1. The first-order valence-electron chi connectivity index (χ1n) is 9.54. The average molecular weight is 436 g/mol. The monoisotopic (exact) mass is 435 g/mol. The standard InChI is InChI=1S/C20H25N3O6S/c1-3-4-5-6-13-29-18-11-8-16(9-12-18)20(24)21-22-30(27,28)19-14-17(23(25)26)10-7-15(19)2/h7-12,14,22H,3-6,13H2,1-2H3,(H,21,24). The van der Waals surface area contributed by atoms with Gasteiger partial charge in [-0.15, -0.1) is 4.83 Å². The molecule has 2 rings (SSSR count). The van der Waals surface area contributed by atoms with Gasteiger partial charge in [-0.3, -0.25) is 20.3 Å². The molecule has 30 heavy (non-hydrogen) atoms. The third kappa shape index (κ3) is 6.53. The van der Waals surface area contributed by atoms with Crippen LogP contribution in [-0.4, -0.2) is 25.9 Å². The van der Waals surface area contributed by atoms with Gasteiger partial charge in [0.15, 0.2) is 0 Å². The predicted molar refractivity (Wildman–Crippen MR) is 112 cm³/mol. The highest BCUT2D eigenvalue weighted by Gasteiger charge is 2.21. The maximum atomic E-state index is 12.4. The second kappa shape index (κ2) is 10.7. The van der Waals surface area contributed by atoms with Crippen LogP contribution in [-0.2, 0) is 10.0 Å². The van der Waals surface area contributed by atoms with Crippen molar-refractivity contribution < 1.29 is 22.9 Å². The zero-order valence-electron chi connectivity index (χ0n) is 16.9. The number of nitrogens with zero attached hydrogens (tertiary/aromatic N) is 1. The van der Waals surface area contributed by atoms with Crippen molar-refractivity contribution in [2.24, 2.45) is 0 Å². The van der Waals surface area contributed by atoms with Gasteiger partial charge in [-0.1, -0.05) is 32.3 Å². The summed E-state index contributed by atoms with van der Waals surface area (Å²) in [5.41, 5.74) is 2.29. The van der Waals surface area contributed by atoms with E-state index in [1.807, 2.05) is 4.83 Å². The molecule has 0 atom stereocenters. The summed E-state index contributed by atoms with van der Waals surface area (Å²) < 4.78 is 30.5. The Labute approximate surface area is 175 Å². The van der Waals surface area contributed by atoms with E-state index in [1.54, 1.807) is 12.1 Å². The molecule has 0 radical (unpaired) electrons. The smallest absolute Gasteiger partial charge is 0.270 e. The van der Waals surface area contributed by atoms with Crippen molar-refractivity contribution in [3.63, 3.8) is 0 Å². The van der Waals surface area contributed by atoms with E-state index in [2.05, 4.69) is 12.3 Å². The highest BCUT2D eigenvalue weighted by atomic mass is 32.2. The van der Waals surface area contributed by atoms with Gasteiger partial charge < -0.3 is 4.74 Å². The van der Waals surface area contributed by atoms with Crippen LogP contribution >= 0.6 is 0 Å². The van der Waals surface area contributed by atoms with Gasteiger partial charge >= 0.3 is 0 Å². The Morgan fingerprint density at radius 1 is 1.10 bits per heavy atom. The summed E-state index contributed by atoms with van der Waals surface area (Å²) in [6.07, 6.45) is 4.36.